The Balaban J connectivity index is 0.00000153. The van der Waals surface area contributed by atoms with Gasteiger partial charge in [0.25, 0.3) is 0 Å². The molecule has 0 saturated carbocycles. The fraction of sp³-hybridized carbons (Fsp3) is 0.444. The molecule has 0 atom stereocenters. The number of aromatic nitrogens is 2. The van der Waals surface area contributed by atoms with E-state index in [1.807, 2.05) is 13.8 Å². The molecule has 0 radical (unpaired) electrons. The predicted molar refractivity (Wildman–Crippen MR) is 116 cm³/mol. The third-order valence-corrected chi connectivity index (χ3v) is 4.85. The van der Waals surface area contributed by atoms with Crippen molar-refractivity contribution in [2.45, 2.75) is 20.4 Å². The molecule has 0 bridgehead atoms. The molecule has 152 valence electrons. The number of methoxy groups -OCH3 is 1. The van der Waals surface area contributed by atoms with Crippen LogP contribution in [0.4, 0.5) is 0 Å². The molecule has 0 aliphatic carbocycles. The summed E-state index contributed by atoms with van der Waals surface area (Å²) in [5.74, 6) is 1.12. The van der Waals surface area contributed by atoms with Crippen molar-refractivity contribution in [1.29, 1.82) is 0 Å². The Labute approximate surface area is 180 Å². The van der Waals surface area contributed by atoms with Crippen molar-refractivity contribution >= 4 is 45.0 Å². The molecule has 9 heteroatoms. The fourth-order valence-corrected chi connectivity index (χ4v) is 2.45. The fourth-order valence-electron chi connectivity index (χ4n) is 1.83. The number of rotatable bonds is 10. The highest BCUT2D eigenvalue weighted by molar-refractivity contribution is 9.10. The average Bonchev–Trinajstić information content (AvgIpc) is 2.91. The van der Waals surface area contributed by atoms with Gasteiger partial charge in [-0.05, 0) is 35.9 Å². The largest absolute Gasteiger partial charge is 0.497 e. The molecule has 0 spiro atoms. The van der Waals surface area contributed by atoms with Crippen molar-refractivity contribution in [3.8, 4) is 0 Å². The van der Waals surface area contributed by atoms with Crippen LogP contribution in [0.25, 0.3) is 0 Å². The number of carbonyl (C=O) groups excluding carboxylic acids is 1. The first-order chi connectivity index (χ1) is 12.8. The lowest BCUT2D eigenvalue weighted by Crippen LogP contribution is -2.38. The second-order valence-electron chi connectivity index (χ2n) is 5.22. The molecular formula is C18H27BrCl2N4O2. The minimum atomic E-state index is -0.00523. The summed E-state index contributed by atoms with van der Waals surface area (Å²) in [7, 11) is 1.56. The molecular weight excluding hydrogens is 455 g/mol. The number of carbonyl (C=O) groups is 1. The maximum Gasteiger partial charge on any atom is 0.244 e. The van der Waals surface area contributed by atoms with Crippen LogP contribution < -0.4 is 5.32 Å². The van der Waals surface area contributed by atoms with Gasteiger partial charge in [0, 0.05) is 31.7 Å². The Hall–Kier alpha value is -1.44. The number of allylic oxidation sites excluding steroid dienone is 2. The van der Waals surface area contributed by atoms with Gasteiger partial charge in [-0.3, -0.25) is 9.48 Å². The number of alkyl halides is 1. The van der Waals surface area contributed by atoms with Crippen LogP contribution in [0.2, 0.25) is 5.02 Å². The maximum absolute atomic E-state index is 12.4. The molecule has 6 nitrogen and oxygen atoms in total. The molecule has 0 saturated heterocycles. The van der Waals surface area contributed by atoms with Gasteiger partial charge < -0.3 is 15.0 Å². The van der Waals surface area contributed by atoms with Crippen LogP contribution in [-0.4, -0.2) is 53.2 Å². The maximum atomic E-state index is 12.4. The molecule has 0 aliphatic rings. The summed E-state index contributed by atoms with van der Waals surface area (Å²) >= 11 is 14.4. The van der Waals surface area contributed by atoms with E-state index in [0.29, 0.717) is 40.9 Å². The van der Waals surface area contributed by atoms with E-state index in [-0.39, 0.29) is 12.5 Å². The lowest BCUT2D eigenvalue weighted by atomic mass is 10.4. The van der Waals surface area contributed by atoms with Crippen LogP contribution in [0.1, 0.15) is 12.6 Å². The first-order valence-corrected chi connectivity index (χ1v) is 9.98. The van der Waals surface area contributed by atoms with E-state index in [0.717, 1.165) is 5.69 Å². The third-order valence-electron chi connectivity index (χ3n) is 3.40. The predicted octanol–water partition coefficient (Wildman–Crippen LogP) is 4.13. The Bertz CT molecular complexity index is 648. The van der Waals surface area contributed by atoms with Gasteiger partial charge in [0.2, 0.25) is 5.91 Å². The molecule has 1 heterocycles. The molecule has 1 aromatic rings. The molecule has 1 amide bonds. The molecule has 27 heavy (non-hydrogen) atoms. The van der Waals surface area contributed by atoms with Gasteiger partial charge in [0.1, 0.15) is 16.9 Å². The number of nitrogens with one attached hydrogen (secondary N) is 1. The number of hydrogen-bond donors (Lipinski definition) is 1. The Morgan fingerprint density at radius 1 is 1.52 bits per heavy atom. The molecule has 0 aliphatic heterocycles. The lowest BCUT2D eigenvalue weighted by Gasteiger charge is -2.21. The van der Waals surface area contributed by atoms with Crippen molar-refractivity contribution < 1.29 is 9.53 Å². The zero-order valence-electron chi connectivity index (χ0n) is 16.0. The molecule has 0 unspecified atom stereocenters. The van der Waals surface area contributed by atoms with Crippen LogP contribution >= 0.6 is 39.1 Å². The summed E-state index contributed by atoms with van der Waals surface area (Å²) in [5, 5.41) is 7.83. The third kappa shape index (κ3) is 9.89. The zero-order chi connectivity index (χ0) is 20.8. The number of likely N-dealkylation sites (N-methyl/N-ethyl adjacent to an activating group) is 1. The Kier molecular flexibility index (Phi) is 13.8. The highest BCUT2D eigenvalue weighted by Crippen LogP contribution is 2.24. The van der Waals surface area contributed by atoms with Gasteiger partial charge in [-0.25, -0.2) is 0 Å². The first-order valence-electron chi connectivity index (χ1n) is 8.28. The van der Waals surface area contributed by atoms with E-state index in [1.54, 1.807) is 35.0 Å². The molecule has 0 aromatic carbocycles. The number of amides is 1. The SMILES string of the molecule is C=C(/C=C/NCCN(CC)C(=O)Cn1nc(Br)c(Cl)c1C)OC.C=CCCl. The molecule has 1 rings (SSSR count). The van der Waals surface area contributed by atoms with Gasteiger partial charge in [-0.2, -0.15) is 5.10 Å². The summed E-state index contributed by atoms with van der Waals surface area (Å²) in [5.41, 5.74) is 0.766. The minimum Gasteiger partial charge on any atom is -0.497 e. The highest BCUT2D eigenvalue weighted by atomic mass is 79.9. The summed E-state index contributed by atoms with van der Waals surface area (Å²) in [4.78, 5) is 14.1. The zero-order valence-corrected chi connectivity index (χ0v) is 19.1. The number of ether oxygens (including phenoxy) is 1. The van der Waals surface area contributed by atoms with E-state index in [1.165, 1.54) is 0 Å². The van der Waals surface area contributed by atoms with Gasteiger partial charge in [0.15, 0.2) is 0 Å². The van der Waals surface area contributed by atoms with Crippen LogP contribution in [0.5, 0.6) is 0 Å². The number of halogens is 3. The monoisotopic (exact) mass is 480 g/mol. The quantitative estimate of drug-likeness (QED) is 0.179. The molecule has 0 fully saturated rings. The van der Waals surface area contributed by atoms with Crippen molar-refractivity contribution in [3.63, 3.8) is 0 Å². The van der Waals surface area contributed by atoms with E-state index in [2.05, 4.69) is 39.5 Å². The first kappa shape index (κ1) is 25.6. The van der Waals surface area contributed by atoms with E-state index in [4.69, 9.17) is 27.9 Å². The van der Waals surface area contributed by atoms with Gasteiger partial charge >= 0.3 is 0 Å². The summed E-state index contributed by atoms with van der Waals surface area (Å²) < 4.78 is 7.07. The Morgan fingerprint density at radius 3 is 2.59 bits per heavy atom. The average molecular weight is 482 g/mol. The summed E-state index contributed by atoms with van der Waals surface area (Å²) in [6, 6.07) is 0. The van der Waals surface area contributed by atoms with Crippen LogP contribution in [0, 0.1) is 6.92 Å². The number of hydrogen-bond acceptors (Lipinski definition) is 4. The van der Waals surface area contributed by atoms with Crippen molar-refractivity contribution in [1.82, 2.24) is 20.0 Å². The number of nitrogens with zero attached hydrogens (tertiary/aromatic N) is 3. The van der Waals surface area contributed by atoms with Gasteiger partial charge in [0.05, 0.1) is 17.8 Å². The molecule has 1 aromatic heterocycles. The van der Waals surface area contributed by atoms with Gasteiger partial charge in [-0.1, -0.05) is 24.3 Å². The van der Waals surface area contributed by atoms with Gasteiger partial charge in [-0.15, -0.1) is 18.2 Å². The second-order valence-corrected chi connectivity index (χ2v) is 6.66. The van der Waals surface area contributed by atoms with Crippen LogP contribution in [-0.2, 0) is 16.1 Å². The second kappa shape index (κ2) is 14.6. The molecule has 1 N–H and O–H groups in total. The van der Waals surface area contributed by atoms with Crippen LogP contribution in [0.3, 0.4) is 0 Å². The van der Waals surface area contributed by atoms with Crippen molar-refractivity contribution in [2.24, 2.45) is 0 Å². The normalized spacial score (nSPS) is 10.1. The van der Waals surface area contributed by atoms with E-state index < -0.39 is 0 Å². The summed E-state index contributed by atoms with van der Waals surface area (Å²) in [6.07, 6.45) is 5.12. The Morgan fingerprint density at radius 2 is 2.15 bits per heavy atom. The standard InChI is InChI=1S/C15H22BrClN4O2.C3H5Cl/c1-5-20(9-8-18-7-6-11(2)23-4)13(22)10-21-12(3)14(17)15(16)19-21;1-2-3-4/h6-7,18H,2,5,8-10H2,1,3-4H3;2H,1,3H2/b7-6+;. The lowest BCUT2D eigenvalue weighted by molar-refractivity contribution is -0.131. The summed E-state index contributed by atoms with van der Waals surface area (Å²) in [6.45, 7) is 12.8. The highest BCUT2D eigenvalue weighted by Gasteiger charge is 2.16. The van der Waals surface area contributed by atoms with Crippen molar-refractivity contribution in [2.75, 3.05) is 32.6 Å². The van der Waals surface area contributed by atoms with Crippen LogP contribution in [0.15, 0.2) is 41.9 Å². The van der Waals surface area contributed by atoms with E-state index >= 15 is 0 Å². The smallest absolute Gasteiger partial charge is 0.244 e. The van der Waals surface area contributed by atoms with Crippen molar-refractivity contribution in [3.05, 3.63) is 52.6 Å². The topological polar surface area (TPSA) is 59.4 Å². The van der Waals surface area contributed by atoms with E-state index in [9.17, 15) is 4.79 Å². The minimum absolute atomic E-state index is 0.00523.